The number of hydrazone groups is 1. The van der Waals surface area contributed by atoms with Crippen LogP contribution >= 0.6 is 11.6 Å². The van der Waals surface area contributed by atoms with Crippen molar-refractivity contribution < 1.29 is 9.52 Å². The van der Waals surface area contributed by atoms with Crippen molar-refractivity contribution in [3.63, 3.8) is 0 Å². The maximum atomic E-state index is 11.9. The van der Waals surface area contributed by atoms with E-state index in [0.717, 1.165) is 5.56 Å². The molecule has 3 N–H and O–H groups in total. The van der Waals surface area contributed by atoms with Gasteiger partial charge in [0.1, 0.15) is 17.1 Å². The van der Waals surface area contributed by atoms with Gasteiger partial charge in [0.15, 0.2) is 0 Å². The van der Waals surface area contributed by atoms with Gasteiger partial charge in [0, 0.05) is 18.7 Å². The predicted molar refractivity (Wildman–Crippen MR) is 79.8 cm³/mol. The molecule has 2 aromatic rings. The van der Waals surface area contributed by atoms with Crippen molar-refractivity contribution in [1.29, 1.82) is 0 Å². The van der Waals surface area contributed by atoms with E-state index in [1.165, 1.54) is 6.07 Å². The molecule has 0 saturated carbocycles. The van der Waals surface area contributed by atoms with Crippen LogP contribution in [0.1, 0.15) is 22.6 Å². The molecule has 0 amide bonds. The topological polar surface area (TPSA) is 102 Å². The molecule has 0 atom stereocenters. The second-order valence-corrected chi connectivity index (χ2v) is 5.01. The molecule has 6 nitrogen and oxygen atoms in total. The fraction of sp³-hybridized carbons (Fsp3) is 0.214. The highest BCUT2D eigenvalue weighted by Crippen LogP contribution is 2.20. The van der Waals surface area contributed by atoms with Crippen LogP contribution in [0.2, 0.25) is 5.02 Å². The Hall–Kier alpha value is -2.34. The van der Waals surface area contributed by atoms with E-state index in [1.807, 2.05) is 6.92 Å². The van der Waals surface area contributed by atoms with Gasteiger partial charge in [-0.3, -0.25) is 4.98 Å². The predicted octanol–water partition coefficient (Wildman–Crippen LogP) is 1.92. The Labute approximate surface area is 125 Å². The minimum absolute atomic E-state index is 0.0819. The third-order valence-electron chi connectivity index (χ3n) is 2.89. The lowest BCUT2D eigenvalue weighted by atomic mass is 10.1. The summed E-state index contributed by atoms with van der Waals surface area (Å²) in [5, 5.41) is 13.9. The van der Waals surface area contributed by atoms with Crippen molar-refractivity contribution in [2.45, 2.75) is 20.3 Å². The lowest BCUT2D eigenvalue weighted by molar-refractivity contribution is 0.432. The third kappa shape index (κ3) is 3.22. The highest BCUT2D eigenvalue weighted by molar-refractivity contribution is 6.31. The van der Waals surface area contributed by atoms with E-state index in [0.29, 0.717) is 16.5 Å². The first-order chi connectivity index (χ1) is 9.92. The highest BCUT2D eigenvalue weighted by Gasteiger charge is 2.18. The molecule has 2 aromatic heterocycles. The monoisotopic (exact) mass is 307 g/mol. The number of nitrogens with zero attached hydrogens (tertiary/aromatic N) is 2. The molecule has 0 aliphatic carbocycles. The minimum atomic E-state index is -0.708. The maximum Gasteiger partial charge on any atom is 0.348 e. The number of hydrogen-bond donors (Lipinski definition) is 2. The summed E-state index contributed by atoms with van der Waals surface area (Å²) in [5.41, 5.74) is 0.777. The number of nitrogens with two attached hydrogens (primary N) is 1. The van der Waals surface area contributed by atoms with Gasteiger partial charge >= 0.3 is 5.63 Å². The molecule has 0 radical (unpaired) electrons. The summed E-state index contributed by atoms with van der Waals surface area (Å²) < 4.78 is 4.95. The van der Waals surface area contributed by atoms with Gasteiger partial charge in [-0.2, -0.15) is 5.10 Å². The van der Waals surface area contributed by atoms with Gasteiger partial charge in [0.25, 0.3) is 0 Å². The van der Waals surface area contributed by atoms with E-state index >= 15 is 0 Å². The van der Waals surface area contributed by atoms with Gasteiger partial charge in [-0.05, 0) is 25.5 Å². The molecule has 0 fully saturated rings. The highest BCUT2D eigenvalue weighted by atomic mass is 35.5. The molecular formula is C14H14ClN3O3. The largest absolute Gasteiger partial charge is 0.507 e. The maximum absolute atomic E-state index is 11.9. The van der Waals surface area contributed by atoms with E-state index in [9.17, 15) is 9.90 Å². The van der Waals surface area contributed by atoms with E-state index in [4.69, 9.17) is 21.9 Å². The van der Waals surface area contributed by atoms with Gasteiger partial charge in [-0.25, -0.2) is 4.79 Å². The first-order valence-electron chi connectivity index (χ1n) is 6.14. The zero-order valence-electron chi connectivity index (χ0n) is 11.6. The van der Waals surface area contributed by atoms with Crippen LogP contribution in [0.5, 0.6) is 5.75 Å². The second-order valence-electron chi connectivity index (χ2n) is 4.60. The first kappa shape index (κ1) is 15.1. The van der Waals surface area contributed by atoms with E-state index in [-0.39, 0.29) is 23.4 Å². The molecule has 0 bridgehead atoms. The smallest absolute Gasteiger partial charge is 0.348 e. The number of aromatic hydroxyl groups is 1. The number of hydrogen-bond acceptors (Lipinski definition) is 6. The number of pyridine rings is 1. The standard InChI is InChI=1S/C14H14ClN3O3/c1-7-3-9(15)10(17-6-7)5-11(18-16)13-12(19)4-8(2)21-14(13)20/h3-4,6,19H,5,16H2,1-2H3/b18-11-. The molecule has 0 aliphatic heterocycles. The van der Waals surface area contributed by atoms with Crippen LogP contribution in [0.3, 0.4) is 0 Å². The lowest BCUT2D eigenvalue weighted by Gasteiger charge is -2.08. The van der Waals surface area contributed by atoms with Gasteiger partial charge in [-0.1, -0.05) is 11.6 Å². The van der Waals surface area contributed by atoms with Crippen molar-refractivity contribution in [2.75, 3.05) is 0 Å². The van der Waals surface area contributed by atoms with Gasteiger partial charge in [-0.15, -0.1) is 0 Å². The van der Waals surface area contributed by atoms with Crippen molar-refractivity contribution in [3.8, 4) is 5.75 Å². The lowest BCUT2D eigenvalue weighted by Crippen LogP contribution is -2.19. The molecule has 7 heteroatoms. The summed E-state index contributed by atoms with van der Waals surface area (Å²) >= 11 is 6.10. The zero-order chi connectivity index (χ0) is 15.6. The van der Waals surface area contributed by atoms with Crippen LogP contribution in [0, 0.1) is 13.8 Å². The van der Waals surface area contributed by atoms with Crippen LogP contribution in [-0.4, -0.2) is 15.8 Å². The average Bonchev–Trinajstić information content (AvgIpc) is 2.39. The Bertz CT molecular complexity index is 769. The fourth-order valence-electron chi connectivity index (χ4n) is 1.91. The van der Waals surface area contributed by atoms with Crippen molar-refractivity contribution in [2.24, 2.45) is 10.9 Å². The molecule has 0 aromatic carbocycles. The molecule has 0 unspecified atom stereocenters. The molecule has 0 saturated heterocycles. The van der Waals surface area contributed by atoms with Gasteiger partial charge in [0.05, 0.1) is 16.4 Å². The van der Waals surface area contributed by atoms with Crippen molar-refractivity contribution in [1.82, 2.24) is 4.98 Å². The summed E-state index contributed by atoms with van der Waals surface area (Å²) in [6.07, 6.45) is 1.75. The Kier molecular flexibility index (Phi) is 4.28. The Morgan fingerprint density at radius 3 is 2.76 bits per heavy atom. The quantitative estimate of drug-likeness (QED) is 0.512. The molecule has 2 heterocycles. The number of aromatic nitrogens is 1. The Morgan fingerprint density at radius 1 is 1.48 bits per heavy atom. The summed E-state index contributed by atoms with van der Waals surface area (Å²) in [4.78, 5) is 16.1. The number of halogens is 1. The Morgan fingerprint density at radius 2 is 2.19 bits per heavy atom. The fourth-order valence-corrected chi connectivity index (χ4v) is 2.20. The average molecular weight is 308 g/mol. The molecule has 0 aliphatic rings. The number of rotatable bonds is 3. The zero-order valence-corrected chi connectivity index (χ0v) is 12.3. The van der Waals surface area contributed by atoms with Crippen LogP contribution in [-0.2, 0) is 6.42 Å². The van der Waals surface area contributed by atoms with E-state index in [2.05, 4.69) is 10.1 Å². The number of aryl methyl sites for hydroxylation is 2. The minimum Gasteiger partial charge on any atom is -0.507 e. The van der Waals surface area contributed by atoms with Crippen molar-refractivity contribution in [3.05, 3.63) is 56.4 Å². The molecule has 110 valence electrons. The van der Waals surface area contributed by atoms with E-state index in [1.54, 1.807) is 19.2 Å². The molecule has 0 spiro atoms. The summed E-state index contributed by atoms with van der Waals surface area (Å²) in [6.45, 7) is 3.42. The third-order valence-corrected chi connectivity index (χ3v) is 3.21. The summed E-state index contributed by atoms with van der Waals surface area (Å²) in [7, 11) is 0. The summed E-state index contributed by atoms with van der Waals surface area (Å²) in [6, 6.07) is 3.07. The van der Waals surface area contributed by atoms with E-state index < -0.39 is 5.63 Å². The normalized spacial score (nSPS) is 11.7. The van der Waals surface area contributed by atoms with Gasteiger partial charge in [0.2, 0.25) is 0 Å². The van der Waals surface area contributed by atoms with Crippen LogP contribution in [0.25, 0.3) is 0 Å². The van der Waals surface area contributed by atoms with Crippen LogP contribution < -0.4 is 11.5 Å². The first-order valence-corrected chi connectivity index (χ1v) is 6.52. The van der Waals surface area contributed by atoms with Crippen LogP contribution in [0.15, 0.2) is 32.6 Å². The molecule has 2 rings (SSSR count). The second kappa shape index (κ2) is 5.97. The Balaban J connectivity index is 2.45. The summed E-state index contributed by atoms with van der Waals surface area (Å²) in [5.74, 6) is 5.39. The van der Waals surface area contributed by atoms with Gasteiger partial charge < -0.3 is 15.4 Å². The molecular weight excluding hydrogens is 294 g/mol. The molecule has 21 heavy (non-hydrogen) atoms. The SMILES string of the molecule is Cc1cnc(C/C(=N/N)c2c(O)cc(C)oc2=O)c(Cl)c1. The van der Waals surface area contributed by atoms with Crippen molar-refractivity contribution >= 4 is 17.3 Å². The van der Waals surface area contributed by atoms with Crippen LogP contribution in [0.4, 0.5) is 0 Å².